The number of benzene rings is 1. The van der Waals surface area contributed by atoms with Gasteiger partial charge in [-0.2, -0.15) is 0 Å². The molecule has 0 saturated carbocycles. The second-order valence-corrected chi connectivity index (χ2v) is 3.90. The lowest BCUT2D eigenvalue weighted by Gasteiger charge is -2.17. The normalized spacial score (nSPS) is 14.9. The van der Waals surface area contributed by atoms with Crippen LogP contribution in [0.5, 0.6) is 0 Å². The van der Waals surface area contributed by atoms with E-state index >= 15 is 0 Å². The molecule has 0 aliphatic rings. The van der Waals surface area contributed by atoms with Crippen LogP contribution < -0.4 is 5.32 Å². The van der Waals surface area contributed by atoms with E-state index in [2.05, 4.69) is 5.32 Å². The van der Waals surface area contributed by atoms with Gasteiger partial charge in [-0.25, -0.2) is 0 Å². The van der Waals surface area contributed by atoms with Gasteiger partial charge in [-0.1, -0.05) is 29.8 Å². The summed E-state index contributed by atoms with van der Waals surface area (Å²) >= 11 is 6.02. The fourth-order valence-electron chi connectivity index (χ4n) is 1.31. The molecule has 84 valence electrons. The third-order valence-corrected chi connectivity index (χ3v) is 2.59. The predicted molar refractivity (Wildman–Crippen MR) is 61.0 cm³/mol. The Morgan fingerprint density at radius 2 is 2.07 bits per heavy atom. The van der Waals surface area contributed by atoms with E-state index in [9.17, 15) is 5.11 Å². The Balaban J connectivity index is 2.54. The number of aliphatic hydroxyl groups excluding tert-OH is 2. The Labute approximate surface area is 94.7 Å². The van der Waals surface area contributed by atoms with Crippen molar-refractivity contribution in [2.75, 3.05) is 13.2 Å². The average Bonchev–Trinajstić information content (AvgIpc) is 2.26. The van der Waals surface area contributed by atoms with Crippen LogP contribution in [0.3, 0.4) is 0 Å². The topological polar surface area (TPSA) is 52.5 Å². The summed E-state index contributed by atoms with van der Waals surface area (Å²) in [5, 5.41) is 21.6. The number of rotatable bonds is 5. The average molecular weight is 230 g/mol. The molecule has 0 fully saturated rings. The fraction of sp³-hybridized carbons (Fsp3) is 0.455. The first kappa shape index (κ1) is 12.5. The third-order valence-electron chi connectivity index (χ3n) is 2.24. The molecule has 0 spiro atoms. The van der Waals surface area contributed by atoms with Crippen molar-refractivity contribution in [3.63, 3.8) is 0 Å². The maximum atomic E-state index is 9.18. The lowest BCUT2D eigenvalue weighted by Crippen LogP contribution is -2.31. The van der Waals surface area contributed by atoms with E-state index in [-0.39, 0.29) is 12.6 Å². The highest BCUT2D eigenvalue weighted by Crippen LogP contribution is 2.21. The molecule has 15 heavy (non-hydrogen) atoms. The highest BCUT2D eigenvalue weighted by Gasteiger charge is 2.10. The maximum Gasteiger partial charge on any atom is 0.0895 e. The van der Waals surface area contributed by atoms with Gasteiger partial charge in [0.05, 0.1) is 12.7 Å². The van der Waals surface area contributed by atoms with Crippen molar-refractivity contribution in [3.8, 4) is 0 Å². The van der Waals surface area contributed by atoms with E-state index < -0.39 is 6.10 Å². The molecule has 2 unspecified atom stereocenters. The smallest absolute Gasteiger partial charge is 0.0895 e. The molecule has 0 aliphatic heterocycles. The molecule has 3 nitrogen and oxygen atoms in total. The largest absolute Gasteiger partial charge is 0.394 e. The highest BCUT2D eigenvalue weighted by atomic mass is 35.5. The first-order chi connectivity index (χ1) is 7.15. The SMILES string of the molecule is CC(NCC(O)CO)c1ccccc1Cl. The van der Waals surface area contributed by atoms with E-state index in [4.69, 9.17) is 16.7 Å². The molecule has 0 amide bonds. The van der Waals surface area contributed by atoms with E-state index in [1.807, 2.05) is 31.2 Å². The van der Waals surface area contributed by atoms with Gasteiger partial charge < -0.3 is 15.5 Å². The van der Waals surface area contributed by atoms with Crippen molar-refractivity contribution in [2.24, 2.45) is 0 Å². The lowest BCUT2D eigenvalue weighted by atomic mass is 10.1. The van der Waals surface area contributed by atoms with Crippen LogP contribution in [0, 0.1) is 0 Å². The second-order valence-electron chi connectivity index (χ2n) is 3.49. The van der Waals surface area contributed by atoms with Gasteiger partial charge in [-0.15, -0.1) is 0 Å². The van der Waals surface area contributed by atoms with Crippen LogP contribution in [0.15, 0.2) is 24.3 Å². The van der Waals surface area contributed by atoms with Crippen molar-refractivity contribution in [3.05, 3.63) is 34.9 Å². The Hall–Kier alpha value is -0.610. The molecule has 0 heterocycles. The van der Waals surface area contributed by atoms with Crippen molar-refractivity contribution < 1.29 is 10.2 Å². The summed E-state index contributed by atoms with van der Waals surface area (Å²) in [5.41, 5.74) is 0.990. The van der Waals surface area contributed by atoms with Gasteiger partial charge in [0.25, 0.3) is 0 Å². The first-order valence-corrected chi connectivity index (χ1v) is 5.29. The van der Waals surface area contributed by atoms with Crippen molar-refractivity contribution in [1.29, 1.82) is 0 Å². The summed E-state index contributed by atoms with van der Waals surface area (Å²) in [4.78, 5) is 0. The molecular formula is C11H16ClNO2. The minimum Gasteiger partial charge on any atom is -0.394 e. The van der Waals surface area contributed by atoms with Crippen LogP contribution in [0.25, 0.3) is 0 Å². The van der Waals surface area contributed by atoms with Gasteiger partial charge in [0.1, 0.15) is 0 Å². The van der Waals surface area contributed by atoms with Crippen molar-refractivity contribution in [1.82, 2.24) is 5.32 Å². The summed E-state index contributed by atoms with van der Waals surface area (Å²) in [7, 11) is 0. The summed E-state index contributed by atoms with van der Waals surface area (Å²) in [6, 6.07) is 7.62. The minimum absolute atomic E-state index is 0.0555. The summed E-state index contributed by atoms with van der Waals surface area (Å²) in [5.74, 6) is 0. The van der Waals surface area contributed by atoms with Gasteiger partial charge in [0, 0.05) is 17.6 Å². The summed E-state index contributed by atoms with van der Waals surface area (Å²) < 4.78 is 0. The van der Waals surface area contributed by atoms with Gasteiger partial charge in [0.2, 0.25) is 0 Å². The van der Waals surface area contributed by atoms with Crippen LogP contribution in [-0.4, -0.2) is 29.5 Å². The molecule has 0 aliphatic carbocycles. The summed E-state index contributed by atoms with van der Waals surface area (Å²) in [6.45, 7) is 2.08. The van der Waals surface area contributed by atoms with E-state index in [1.54, 1.807) is 0 Å². The molecule has 2 atom stereocenters. The molecule has 0 radical (unpaired) electrons. The van der Waals surface area contributed by atoms with Gasteiger partial charge >= 0.3 is 0 Å². The molecule has 1 rings (SSSR count). The van der Waals surface area contributed by atoms with E-state index in [0.29, 0.717) is 11.6 Å². The van der Waals surface area contributed by atoms with Crippen molar-refractivity contribution in [2.45, 2.75) is 19.1 Å². The van der Waals surface area contributed by atoms with Crippen LogP contribution >= 0.6 is 11.6 Å². The van der Waals surface area contributed by atoms with Crippen LogP contribution in [0.1, 0.15) is 18.5 Å². The minimum atomic E-state index is -0.727. The highest BCUT2D eigenvalue weighted by molar-refractivity contribution is 6.31. The van der Waals surface area contributed by atoms with Crippen LogP contribution in [0.4, 0.5) is 0 Å². The number of nitrogens with one attached hydrogen (secondary N) is 1. The zero-order chi connectivity index (χ0) is 11.3. The monoisotopic (exact) mass is 229 g/mol. The Morgan fingerprint density at radius 1 is 1.40 bits per heavy atom. The van der Waals surface area contributed by atoms with Crippen molar-refractivity contribution >= 4 is 11.6 Å². The Bertz CT molecular complexity index is 306. The predicted octanol–water partition coefficient (Wildman–Crippen LogP) is 1.34. The molecule has 3 N–H and O–H groups in total. The van der Waals surface area contributed by atoms with E-state index in [0.717, 1.165) is 5.56 Å². The third kappa shape index (κ3) is 3.80. The van der Waals surface area contributed by atoms with E-state index in [1.165, 1.54) is 0 Å². The number of hydrogen-bond donors (Lipinski definition) is 3. The quantitative estimate of drug-likeness (QED) is 0.715. The van der Waals surface area contributed by atoms with Gasteiger partial charge in [-0.3, -0.25) is 0 Å². The molecule has 0 aromatic heterocycles. The first-order valence-electron chi connectivity index (χ1n) is 4.92. The summed E-state index contributed by atoms with van der Waals surface area (Å²) in [6.07, 6.45) is -0.727. The lowest BCUT2D eigenvalue weighted by molar-refractivity contribution is 0.0924. The number of hydrogen-bond acceptors (Lipinski definition) is 3. The second kappa shape index (κ2) is 6.08. The molecular weight excluding hydrogens is 214 g/mol. The van der Waals surface area contributed by atoms with Crippen LogP contribution in [-0.2, 0) is 0 Å². The van der Waals surface area contributed by atoms with Gasteiger partial charge in [0.15, 0.2) is 0 Å². The number of aliphatic hydroxyl groups is 2. The van der Waals surface area contributed by atoms with Gasteiger partial charge in [-0.05, 0) is 18.6 Å². The molecule has 1 aromatic carbocycles. The zero-order valence-electron chi connectivity index (χ0n) is 8.65. The Kier molecular flexibility index (Phi) is 5.05. The fourth-order valence-corrected chi connectivity index (χ4v) is 1.61. The zero-order valence-corrected chi connectivity index (χ0v) is 9.41. The Morgan fingerprint density at radius 3 is 2.67 bits per heavy atom. The molecule has 0 saturated heterocycles. The standard InChI is InChI=1S/C11H16ClNO2/c1-8(13-6-9(15)7-14)10-4-2-3-5-11(10)12/h2-5,8-9,13-15H,6-7H2,1H3. The maximum absolute atomic E-state index is 9.18. The molecule has 0 bridgehead atoms. The number of halogens is 1. The van der Waals surface area contributed by atoms with Crippen LogP contribution in [0.2, 0.25) is 5.02 Å². The molecule has 4 heteroatoms. The molecule has 1 aromatic rings.